The summed E-state index contributed by atoms with van der Waals surface area (Å²) in [5.41, 5.74) is 6.23. The average Bonchev–Trinajstić information content (AvgIpc) is 3.37. The van der Waals surface area contributed by atoms with Crippen molar-refractivity contribution in [1.82, 2.24) is 20.4 Å². The molecule has 0 saturated carbocycles. The van der Waals surface area contributed by atoms with Gasteiger partial charge in [0.25, 0.3) is 5.91 Å². The fourth-order valence-electron chi connectivity index (χ4n) is 3.02. The molecule has 2 aromatic rings. The van der Waals surface area contributed by atoms with Gasteiger partial charge < -0.3 is 34.0 Å². The zero-order valence-electron chi connectivity index (χ0n) is 18.1. The molecule has 7 N–H and O–H groups in total. The lowest BCUT2D eigenvalue weighted by Gasteiger charge is -2.19. The van der Waals surface area contributed by atoms with Crippen molar-refractivity contribution >= 4 is 29.4 Å². The number of rotatable bonds is 12. The van der Waals surface area contributed by atoms with E-state index < -0.39 is 54.4 Å². The van der Waals surface area contributed by atoms with Gasteiger partial charge in [-0.15, -0.1) is 0 Å². The number of phosphoric acid groups is 3. The predicted molar refractivity (Wildman–Crippen MR) is 117 cm³/mol. The Bertz CT molecular complexity index is 1190. The summed E-state index contributed by atoms with van der Waals surface area (Å²) in [5.74, 6) is -0.535. The molecule has 0 bridgehead atoms. The Hall–Kier alpha value is -1.81. The normalized spacial score (nSPS) is 23.6. The summed E-state index contributed by atoms with van der Waals surface area (Å²) >= 11 is 0. The van der Waals surface area contributed by atoms with Crippen LogP contribution in [0.1, 0.15) is 28.7 Å². The minimum Gasteiger partial charge on any atom is -0.390 e. The zero-order valence-corrected chi connectivity index (χ0v) is 20.8. The highest BCUT2D eigenvalue weighted by atomic mass is 31.3. The molecule has 2 unspecified atom stereocenters. The van der Waals surface area contributed by atoms with Crippen LogP contribution >= 0.6 is 23.5 Å². The van der Waals surface area contributed by atoms with Crippen molar-refractivity contribution in [3.05, 3.63) is 54.1 Å². The molecule has 3 rings (SSSR count). The number of hydrazine groups is 1. The van der Waals surface area contributed by atoms with Crippen LogP contribution in [0.25, 0.3) is 0 Å². The highest BCUT2D eigenvalue weighted by molar-refractivity contribution is 7.66. The first-order valence-electron chi connectivity index (χ1n) is 9.95. The molecule has 1 fully saturated rings. The van der Waals surface area contributed by atoms with Crippen LogP contribution in [-0.4, -0.2) is 59.0 Å². The second-order valence-electron chi connectivity index (χ2n) is 7.32. The summed E-state index contributed by atoms with van der Waals surface area (Å²) in [6.45, 7) is -0.435. The van der Waals surface area contributed by atoms with Crippen LogP contribution in [0.3, 0.4) is 0 Å². The molecular formula is C16H23N4O13P3. The Morgan fingerprint density at radius 1 is 1.11 bits per heavy atom. The van der Waals surface area contributed by atoms with Crippen LogP contribution in [0, 0.1) is 0 Å². The quantitative estimate of drug-likeness (QED) is 0.134. The Morgan fingerprint density at radius 2 is 1.81 bits per heavy atom. The average molecular weight is 572 g/mol. The van der Waals surface area contributed by atoms with Gasteiger partial charge >= 0.3 is 23.5 Å². The van der Waals surface area contributed by atoms with Crippen LogP contribution < -0.4 is 10.9 Å². The number of carbonyl (C=O) groups excluding carboxylic acids is 1. The molecule has 0 aliphatic carbocycles. The third-order valence-corrected chi connectivity index (χ3v) is 8.33. The van der Waals surface area contributed by atoms with Crippen molar-refractivity contribution in [3.63, 3.8) is 0 Å². The molecule has 200 valence electrons. The molecule has 1 aliphatic heterocycles. The van der Waals surface area contributed by atoms with E-state index >= 15 is 0 Å². The van der Waals surface area contributed by atoms with Crippen molar-refractivity contribution < 1.29 is 61.1 Å². The van der Waals surface area contributed by atoms with Gasteiger partial charge in [0, 0.05) is 19.2 Å². The molecule has 1 aliphatic rings. The minimum absolute atomic E-state index is 0.0327. The lowest BCUT2D eigenvalue weighted by Crippen LogP contribution is -2.37. The number of ether oxygens (including phenoxy) is 1. The van der Waals surface area contributed by atoms with E-state index in [9.17, 15) is 28.5 Å². The topological polar surface area (TPSA) is 248 Å². The van der Waals surface area contributed by atoms with Crippen molar-refractivity contribution in [2.45, 2.75) is 31.4 Å². The van der Waals surface area contributed by atoms with Crippen molar-refractivity contribution in [3.8, 4) is 0 Å². The van der Waals surface area contributed by atoms with Crippen molar-refractivity contribution in [1.29, 1.82) is 0 Å². The third-order valence-electron chi connectivity index (χ3n) is 4.53. The summed E-state index contributed by atoms with van der Waals surface area (Å²) in [6, 6.07) is 9.32. The molecular weight excluding hydrogens is 549 g/mol. The first-order chi connectivity index (χ1) is 16.7. The van der Waals surface area contributed by atoms with Gasteiger partial charge in [0.1, 0.15) is 18.0 Å². The van der Waals surface area contributed by atoms with Crippen LogP contribution in [-0.2, 0) is 38.1 Å². The Kier molecular flexibility index (Phi) is 9.36. The van der Waals surface area contributed by atoms with E-state index in [0.29, 0.717) is 6.54 Å². The monoisotopic (exact) mass is 572 g/mol. The van der Waals surface area contributed by atoms with E-state index in [4.69, 9.17) is 19.4 Å². The lowest BCUT2D eigenvalue weighted by molar-refractivity contribution is -0.0434. The number of amides is 1. The third kappa shape index (κ3) is 8.94. The van der Waals surface area contributed by atoms with E-state index in [-0.39, 0.29) is 12.1 Å². The highest BCUT2D eigenvalue weighted by Crippen LogP contribution is 2.66. The van der Waals surface area contributed by atoms with Gasteiger partial charge in [0.15, 0.2) is 0 Å². The predicted octanol–water partition coefficient (Wildman–Crippen LogP) is 0.309. The second kappa shape index (κ2) is 11.7. The maximum atomic E-state index is 12.3. The largest absolute Gasteiger partial charge is 0.490 e. The molecule has 20 heteroatoms. The van der Waals surface area contributed by atoms with Gasteiger partial charge in [-0.05, 0) is 5.56 Å². The Balaban J connectivity index is 1.49. The maximum Gasteiger partial charge on any atom is 0.490 e. The van der Waals surface area contributed by atoms with Crippen LogP contribution in [0.5, 0.6) is 0 Å². The zero-order chi connectivity index (χ0) is 26.6. The van der Waals surface area contributed by atoms with E-state index in [2.05, 4.69) is 29.0 Å². The molecule has 1 aromatic carbocycles. The van der Waals surface area contributed by atoms with E-state index in [1.807, 2.05) is 30.3 Å². The Labute approximate surface area is 203 Å². The Morgan fingerprint density at radius 3 is 2.47 bits per heavy atom. The van der Waals surface area contributed by atoms with Crippen LogP contribution in [0.15, 0.2) is 42.9 Å². The van der Waals surface area contributed by atoms with E-state index in [0.717, 1.165) is 5.56 Å². The number of carbonyl (C=O) groups is 1. The number of aromatic nitrogens is 2. The van der Waals surface area contributed by atoms with Crippen molar-refractivity contribution in [2.24, 2.45) is 0 Å². The summed E-state index contributed by atoms with van der Waals surface area (Å²) in [4.78, 5) is 52.0. The highest BCUT2D eigenvalue weighted by Gasteiger charge is 2.42. The van der Waals surface area contributed by atoms with Gasteiger partial charge in [-0.3, -0.25) is 14.7 Å². The lowest BCUT2D eigenvalue weighted by atomic mass is 10.2. The number of aliphatic hydroxyl groups excluding tert-OH is 1. The fraction of sp³-hybridized carbons (Fsp3) is 0.375. The summed E-state index contributed by atoms with van der Waals surface area (Å²) < 4.78 is 52.4. The van der Waals surface area contributed by atoms with Gasteiger partial charge in [-0.25, -0.2) is 24.1 Å². The summed E-state index contributed by atoms with van der Waals surface area (Å²) in [7, 11) is -16.6. The van der Waals surface area contributed by atoms with Crippen LogP contribution in [0.4, 0.5) is 0 Å². The van der Waals surface area contributed by atoms with Crippen molar-refractivity contribution in [2.75, 3.05) is 6.61 Å². The molecule has 36 heavy (non-hydrogen) atoms. The number of phosphoric ester groups is 1. The van der Waals surface area contributed by atoms with Gasteiger partial charge in [0.05, 0.1) is 19.0 Å². The summed E-state index contributed by atoms with van der Waals surface area (Å²) in [6.07, 6.45) is -0.702. The van der Waals surface area contributed by atoms with Gasteiger partial charge in [-0.1, -0.05) is 30.3 Å². The molecule has 5 atom stereocenters. The van der Waals surface area contributed by atoms with E-state index in [1.165, 1.54) is 17.1 Å². The number of nitrogens with zero attached hydrogens (tertiary/aromatic N) is 2. The molecule has 2 heterocycles. The van der Waals surface area contributed by atoms with Gasteiger partial charge in [-0.2, -0.15) is 8.62 Å². The van der Waals surface area contributed by atoms with Crippen LogP contribution in [0.2, 0.25) is 0 Å². The SMILES string of the molecule is O=C(NNCc1ccccc1)c1cn([C@H]2C[C@H](O)[C@@H](COP(=O)(O)OP(=O)(O)OP(=O)(O)O)O2)cn1. The minimum atomic E-state index is -5.66. The molecule has 0 spiro atoms. The van der Waals surface area contributed by atoms with E-state index in [1.54, 1.807) is 0 Å². The maximum absolute atomic E-state index is 12.3. The standard InChI is InChI=1S/C16H23N4O13P3/c21-13-6-15(31-14(13)9-30-35(26,27)33-36(28,29)32-34(23,24)25)20-8-12(17-10-20)16(22)19-18-7-11-4-2-1-3-5-11/h1-5,8,10,13-15,18,21H,6-7,9H2,(H,19,22)(H,26,27)(H,28,29)(H2,23,24,25)/t13-,14+,15+/m0/s1. The van der Waals surface area contributed by atoms with Gasteiger partial charge in [0.2, 0.25) is 0 Å². The molecule has 17 nitrogen and oxygen atoms in total. The molecule has 1 saturated heterocycles. The first-order valence-corrected chi connectivity index (χ1v) is 14.5. The fourth-order valence-corrected chi connectivity index (χ4v) is 6.05. The number of nitrogens with one attached hydrogen (secondary N) is 2. The smallest absolute Gasteiger partial charge is 0.390 e. The molecule has 1 aromatic heterocycles. The number of hydrogen-bond acceptors (Lipinski definition) is 11. The second-order valence-corrected chi connectivity index (χ2v) is 11.7. The molecule has 0 radical (unpaired) electrons. The number of aliphatic hydroxyl groups is 1. The number of imidazole rings is 1. The molecule has 1 amide bonds. The number of benzene rings is 1. The number of hydrogen-bond donors (Lipinski definition) is 7. The summed E-state index contributed by atoms with van der Waals surface area (Å²) in [5, 5.41) is 10.2. The first kappa shape index (κ1) is 28.8.